The number of phenolic OH excluding ortho intramolecular Hbond substituents is 1. The van der Waals surface area contributed by atoms with Gasteiger partial charge >= 0.3 is 0 Å². The van der Waals surface area contributed by atoms with Gasteiger partial charge in [-0.3, -0.25) is 9.78 Å². The molecule has 0 aliphatic rings. The Hall–Kier alpha value is -2.47. The van der Waals surface area contributed by atoms with Crippen LogP contribution < -0.4 is 4.74 Å². The number of aromatic hydroxyl groups is 1. The minimum absolute atomic E-state index is 0.0276. The number of hydrogen-bond acceptors (Lipinski definition) is 4. The zero-order valence-electron chi connectivity index (χ0n) is 15.4. The Morgan fingerprint density at radius 2 is 1.76 bits per heavy atom. The Kier molecular flexibility index (Phi) is 6.85. The second-order valence-electron chi connectivity index (χ2n) is 6.31. The monoisotopic (exact) mass is 450 g/mol. The number of pyridine rings is 1. The van der Waals surface area contributed by atoms with E-state index in [4.69, 9.17) is 39.5 Å². The van der Waals surface area contributed by atoms with Gasteiger partial charge in [0.05, 0.1) is 12.1 Å². The largest absolute Gasteiger partial charge is 0.503 e. The molecule has 1 amide bonds. The number of rotatable bonds is 6. The lowest BCUT2D eigenvalue weighted by Gasteiger charge is -2.24. The van der Waals surface area contributed by atoms with Gasteiger partial charge in [-0.1, -0.05) is 40.9 Å². The summed E-state index contributed by atoms with van der Waals surface area (Å²) in [6, 6.07) is 11.7. The molecule has 0 spiro atoms. The van der Waals surface area contributed by atoms with Gasteiger partial charge in [0.1, 0.15) is 0 Å². The summed E-state index contributed by atoms with van der Waals surface area (Å²) in [5, 5.41) is 10.9. The summed E-state index contributed by atoms with van der Waals surface area (Å²) >= 11 is 18.3. The number of carbonyl (C=O) groups is 1. The summed E-state index contributed by atoms with van der Waals surface area (Å²) in [6.07, 6.45) is 3.35. The maximum atomic E-state index is 13.3. The minimum atomic E-state index is -0.301. The minimum Gasteiger partial charge on any atom is -0.503 e. The molecule has 0 atom stereocenters. The first-order chi connectivity index (χ1) is 13.9. The Balaban J connectivity index is 1.97. The number of phenols is 1. The summed E-state index contributed by atoms with van der Waals surface area (Å²) < 4.78 is 5.11. The number of halogens is 3. The van der Waals surface area contributed by atoms with E-state index < -0.39 is 0 Å². The van der Waals surface area contributed by atoms with E-state index in [1.807, 2.05) is 6.07 Å². The van der Waals surface area contributed by atoms with Crippen LogP contribution in [0.4, 0.5) is 0 Å². The van der Waals surface area contributed by atoms with Crippen molar-refractivity contribution in [2.75, 3.05) is 7.11 Å². The molecule has 5 nitrogen and oxygen atoms in total. The molecule has 0 radical (unpaired) electrons. The zero-order valence-corrected chi connectivity index (χ0v) is 17.7. The topological polar surface area (TPSA) is 62.7 Å². The van der Waals surface area contributed by atoms with Crippen molar-refractivity contribution in [3.05, 3.63) is 86.6 Å². The normalized spacial score (nSPS) is 10.6. The molecule has 0 fully saturated rings. The van der Waals surface area contributed by atoms with E-state index in [9.17, 15) is 9.90 Å². The predicted molar refractivity (Wildman–Crippen MR) is 114 cm³/mol. The highest BCUT2D eigenvalue weighted by Gasteiger charge is 2.21. The maximum absolute atomic E-state index is 13.3. The Morgan fingerprint density at radius 1 is 1.07 bits per heavy atom. The van der Waals surface area contributed by atoms with Crippen LogP contribution in [0, 0.1) is 0 Å². The van der Waals surface area contributed by atoms with Crippen molar-refractivity contribution in [2.45, 2.75) is 13.1 Å². The molecule has 1 N–H and O–H groups in total. The van der Waals surface area contributed by atoms with Crippen LogP contribution in [0.2, 0.25) is 15.1 Å². The third kappa shape index (κ3) is 5.32. The van der Waals surface area contributed by atoms with Crippen LogP contribution >= 0.6 is 34.8 Å². The second-order valence-corrected chi connectivity index (χ2v) is 7.59. The Labute approximate surface area is 183 Å². The number of benzene rings is 2. The number of amides is 1. The van der Waals surface area contributed by atoms with Crippen molar-refractivity contribution >= 4 is 40.7 Å². The number of nitrogens with zero attached hydrogens (tertiary/aromatic N) is 2. The van der Waals surface area contributed by atoms with Gasteiger partial charge in [-0.15, -0.1) is 0 Å². The van der Waals surface area contributed by atoms with Crippen LogP contribution in [-0.4, -0.2) is 28.0 Å². The van der Waals surface area contributed by atoms with Gasteiger partial charge in [-0.05, 0) is 47.5 Å². The molecule has 0 aliphatic carbocycles. The smallest absolute Gasteiger partial charge is 0.254 e. The lowest BCUT2D eigenvalue weighted by molar-refractivity contribution is 0.0729. The molecular weight excluding hydrogens is 435 g/mol. The van der Waals surface area contributed by atoms with E-state index in [2.05, 4.69) is 4.98 Å². The van der Waals surface area contributed by atoms with Crippen LogP contribution in [0.3, 0.4) is 0 Å². The van der Waals surface area contributed by atoms with E-state index in [0.29, 0.717) is 16.6 Å². The molecule has 1 heterocycles. The van der Waals surface area contributed by atoms with Crippen molar-refractivity contribution in [3.63, 3.8) is 0 Å². The lowest BCUT2D eigenvalue weighted by atomic mass is 10.1. The van der Waals surface area contributed by atoms with Crippen LogP contribution in [0.1, 0.15) is 21.5 Å². The number of ether oxygens (including phenoxy) is 1. The molecular formula is C21H17Cl3N2O3. The molecule has 0 saturated carbocycles. The first kappa shape index (κ1) is 21.2. The molecule has 0 unspecified atom stereocenters. The first-order valence-corrected chi connectivity index (χ1v) is 9.70. The van der Waals surface area contributed by atoms with Gasteiger partial charge in [-0.2, -0.15) is 0 Å². The Bertz CT molecular complexity index is 1010. The fourth-order valence-electron chi connectivity index (χ4n) is 2.87. The molecule has 3 aromatic rings. The van der Waals surface area contributed by atoms with E-state index >= 15 is 0 Å². The molecule has 0 aliphatic heterocycles. The van der Waals surface area contributed by atoms with Crippen LogP contribution in [0.5, 0.6) is 11.5 Å². The number of aromatic nitrogens is 1. The lowest BCUT2D eigenvalue weighted by Crippen LogP contribution is -2.30. The number of methoxy groups -OCH3 is 1. The average molecular weight is 452 g/mol. The molecule has 3 rings (SSSR count). The standard InChI is InChI=1S/C21H17Cl3N2O3/c1-29-19-8-15(7-18(24)20(19)27)21(28)26(11-13-3-2-4-25-10-13)12-14-5-16(22)9-17(23)6-14/h2-10,27H,11-12H2,1H3. The SMILES string of the molecule is COc1cc(C(=O)N(Cc2cccnc2)Cc2cc(Cl)cc(Cl)c2)cc(Cl)c1O. The highest BCUT2D eigenvalue weighted by atomic mass is 35.5. The van der Waals surface area contributed by atoms with Crippen LogP contribution in [-0.2, 0) is 13.1 Å². The van der Waals surface area contributed by atoms with Crippen LogP contribution in [0.25, 0.3) is 0 Å². The van der Waals surface area contributed by atoms with Gasteiger partial charge in [0.2, 0.25) is 0 Å². The van der Waals surface area contributed by atoms with E-state index in [0.717, 1.165) is 11.1 Å². The Morgan fingerprint density at radius 3 is 2.38 bits per heavy atom. The number of hydrogen-bond donors (Lipinski definition) is 1. The van der Waals surface area contributed by atoms with E-state index in [-0.39, 0.29) is 34.5 Å². The molecule has 1 aromatic heterocycles. The molecule has 8 heteroatoms. The molecule has 2 aromatic carbocycles. The molecule has 0 bridgehead atoms. The van der Waals surface area contributed by atoms with E-state index in [1.165, 1.54) is 19.2 Å². The summed E-state index contributed by atoms with van der Waals surface area (Å²) in [5.41, 5.74) is 1.91. The predicted octanol–water partition coefficient (Wildman–Crippen LogP) is 5.60. The van der Waals surface area contributed by atoms with Gasteiger partial charge in [0.25, 0.3) is 5.91 Å². The summed E-state index contributed by atoms with van der Waals surface area (Å²) in [7, 11) is 1.39. The fraction of sp³-hybridized carbons (Fsp3) is 0.143. The zero-order chi connectivity index (χ0) is 21.0. The van der Waals surface area contributed by atoms with Crippen molar-refractivity contribution in [1.82, 2.24) is 9.88 Å². The third-order valence-electron chi connectivity index (χ3n) is 4.17. The summed E-state index contributed by atoms with van der Waals surface area (Å²) in [5.74, 6) is -0.399. The van der Waals surface area contributed by atoms with Crippen molar-refractivity contribution < 1.29 is 14.6 Å². The summed E-state index contributed by atoms with van der Waals surface area (Å²) in [4.78, 5) is 19.0. The van der Waals surface area contributed by atoms with Gasteiger partial charge in [0.15, 0.2) is 11.5 Å². The van der Waals surface area contributed by atoms with Crippen molar-refractivity contribution in [1.29, 1.82) is 0 Å². The maximum Gasteiger partial charge on any atom is 0.254 e. The quantitative estimate of drug-likeness (QED) is 0.530. The van der Waals surface area contributed by atoms with E-state index in [1.54, 1.807) is 41.6 Å². The number of carbonyl (C=O) groups excluding carboxylic acids is 1. The van der Waals surface area contributed by atoms with Gasteiger partial charge in [-0.25, -0.2) is 0 Å². The third-order valence-corrected chi connectivity index (χ3v) is 4.90. The molecule has 150 valence electrons. The van der Waals surface area contributed by atoms with Crippen molar-refractivity contribution in [3.8, 4) is 11.5 Å². The van der Waals surface area contributed by atoms with Crippen LogP contribution in [0.15, 0.2) is 54.9 Å². The first-order valence-electron chi connectivity index (χ1n) is 8.57. The second kappa shape index (κ2) is 9.35. The average Bonchev–Trinajstić information content (AvgIpc) is 2.69. The summed E-state index contributed by atoms with van der Waals surface area (Å²) in [6.45, 7) is 0.562. The van der Waals surface area contributed by atoms with Gasteiger partial charge < -0.3 is 14.7 Å². The van der Waals surface area contributed by atoms with Gasteiger partial charge in [0, 0.05) is 41.1 Å². The van der Waals surface area contributed by atoms with Crippen molar-refractivity contribution in [2.24, 2.45) is 0 Å². The molecule has 29 heavy (non-hydrogen) atoms. The fourth-order valence-corrected chi connectivity index (χ4v) is 3.65. The highest BCUT2D eigenvalue weighted by Crippen LogP contribution is 2.35. The molecule has 0 saturated heterocycles. The highest BCUT2D eigenvalue weighted by molar-refractivity contribution is 6.34.